The van der Waals surface area contributed by atoms with E-state index in [4.69, 9.17) is 4.42 Å². The van der Waals surface area contributed by atoms with E-state index in [2.05, 4.69) is 0 Å². The molecule has 0 aliphatic carbocycles. The third kappa shape index (κ3) is 2.55. The minimum absolute atomic E-state index is 0.0678. The number of hydrogen-bond donors (Lipinski definition) is 2. The molecule has 0 aliphatic heterocycles. The average molecular weight is 360 g/mol. The van der Waals surface area contributed by atoms with Crippen molar-refractivity contribution in [1.29, 1.82) is 0 Å². The van der Waals surface area contributed by atoms with Crippen LogP contribution < -0.4 is 16.1 Å². The van der Waals surface area contributed by atoms with Gasteiger partial charge in [-0.3, -0.25) is 9.59 Å². The van der Waals surface area contributed by atoms with E-state index in [1.54, 1.807) is 24.3 Å². The Morgan fingerprint density at radius 3 is 2.44 bits per heavy atom. The maximum Gasteiger partial charge on any atom is 0.336 e. The van der Waals surface area contributed by atoms with Gasteiger partial charge in [-0.2, -0.15) is 0 Å². The summed E-state index contributed by atoms with van der Waals surface area (Å²) in [4.78, 5) is 35.6. The van der Waals surface area contributed by atoms with Crippen LogP contribution in [-0.4, -0.2) is 16.2 Å². The topological polar surface area (TPSA) is 105 Å². The van der Waals surface area contributed by atoms with Crippen molar-refractivity contribution in [3.8, 4) is 11.1 Å². The summed E-state index contributed by atoms with van der Waals surface area (Å²) in [5.41, 5.74) is 0.513. The van der Waals surface area contributed by atoms with Crippen LogP contribution in [0, 0.1) is 0 Å². The van der Waals surface area contributed by atoms with Crippen LogP contribution in [0.2, 0.25) is 0 Å². The Kier molecular flexibility index (Phi) is 3.74. The van der Waals surface area contributed by atoms with E-state index in [9.17, 15) is 24.6 Å². The first-order valence-electron chi connectivity index (χ1n) is 8.02. The van der Waals surface area contributed by atoms with Gasteiger partial charge in [0.25, 0.3) is 0 Å². The van der Waals surface area contributed by atoms with Crippen LogP contribution >= 0.6 is 0 Å². The zero-order valence-electron chi connectivity index (χ0n) is 13.8. The van der Waals surface area contributed by atoms with Gasteiger partial charge in [-0.1, -0.05) is 18.2 Å². The number of rotatable bonds is 2. The summed E-state index contributed by atoms with van der Waals surface area (Å²) >= 11 is 0. The lowest BCUT2D eigenvalue weighted by Crippen LogP contribution is -2.24. The molecule has 1 heterocycles. The Bertz CT molecular complexity index is 1400. The number of carboxylic acid groups (broad SMARTS) is 1. The molecule has 1 aromatic heterocycles. The molecule has 0 unspecified atom stereocenters. The van der Waals surface area contributed by atoms with Crippen LogP contribution in [-0.2, 0) is 0 Å². The molecule has 0 spiro atoms. The molecule has 0 amide bonds. The minimum atomic E-state index is -1.11. The lowest BCUT2D eigenvalue weighted by molar-refractivity contribution is 0.0697. The second-order valence-electron chi connectivity index (χ2n) is 5.97. The molecule has 4 aromatic rings. The van der Waals surface area contributed by atoms with E-state index in [1.165, 1.54) is 30.3 Å². The number of carboxylic acids is 1. The van der Waals surface area contributed by atoms with Gasteiger partial charge in [0, 0.05) is 22.4 Å². The predicted molar refractivity (Wildman–Crippen MR) is 101 cm³/mol. The largest absolute Gasteiger partial charge is 0.515 e. The first-order valence-corrected chi connectivity index (χ1v) is 8.02. The maximum atomic E-state index is 12.1. The van der Waals surface area contributed by atoms with Crippen LogP contribution in [0.1, 0.15) is 10.4 Å². The quantitative estimate of drug-likeness (QED) is 0.533. The van der Waals surface area contributed by atoms with Gasteiger partial charge in [-0.15, -0.1) is 0 Å². The van der Waals surface area contributed by atoms with E-state index >= 15 is 0 Å². The molecule has 4 rings (SSSR count). The summed E-state index contributed by atoms with van der Waals surface area (Å²) in [5.74, 6) is -1.11. The number of aliphatic hydroxyl groups is 1. The molecule has 0 atom stereocenters. The van der Waals surface area contributed by atoms with Gasteiger partial charge in [-0.05, 0) is 35.9 Å². The molecule has 2 N–H and O–H groups in total. The number of benzene rings is 3. The monoisotopic (exact) mass is 360 g/mol. The van der Waals surface area contributed by atoms with Crippen molar-refractivity contribution in [2.24, 2.45) is 0 Å². The molecule has 6 nitrogen and oxygen atoms in total. The highest BCUT2D eigenvalue weighted by atomic mass is 16.4. The highest BCUT2D eigenvalue weighted by molar-refractivity contribution is 6.11. The van der Waals surface area contributed by atoms with Crippen molar-refractivity contribution in [2.75, 3.05) is 0 Å². The third-order valence-corrected chi connectivity index (χ3v) is 4.42. The van der Waals surface area contributed by atoms with Crippen LogP contribution in [0.3, 0.4) is 0 Å². The highest BCUT2D eigenvalue weighted by Gasteiger charge is 2.19. The summed E-state index contributed by atoms with van der Waals surface area (Å²) in [7, 11) is 0. The lowest BCUT2D eigenvalue weighted by Gasteiger charge is -2.13. The van der Waals surface area contributed by atoms with Crippen LogP contribution in [0.4, 0.5) is 0 Å². The standard InChI is InChI=1S/C21H12O6/c22-10-16-17(24)8-7-15-19(12-3-1-2-4-13(12)21(25)26)14-6-5-11(23)9-18(14)27-20(15)16/h1-10,22H,(H,25,26)/b16-10+. The fraction of sp³-hybridized carbons (Fsp3) is 0. The zero-order valence-corrected chi connectivity index (χ0v) is 13.8. The number of fused-ring (bicyclic) bond motifs is 2. The first-order chi connectivity index (χ1) is 13.0. The van der Waals surface area contributed by atoms with Crippen molar-refractivity contribution >= 4 is 34.2 Å². The second kappa shape index (κ2) is 6.10. The van der Waals surface area contributed by atoms with Crippen molar-refractivity contribution < 1.29 is 19.4 Å². The number of aromatic carboxylic acids is 1. The SMILES string of the molecule is O=C(O)c1ccccc1-c1c2ccc(=O)cc2oc2/c(=C/O)c(=O)ccc12. The van der Waals surface area contributed by atoms with Crippen molar-refractivity contribution in [2.45, 2.75) is 0 Å². The molecule has 0 saturated carbocycles. The van der Waals surface area contributed by atoms with Gasteiger partial charge in [0.1, 0.15) is 11.2 Å². The van der Waals surface area contributed by atoms with Crippen LogP contribution in [0.5, 0.6) is 0 Å². The summed E-state index contributed by atoms with van der Waals surface area (Å²) in [5, 5.41) is 20.0. The van der Waals surface area contributed by atoms with Crippen molar-refractivity contribution in [3.63, 3.8) is 0 Å². The normalized spacial score (nSPS) is 11.9. The summed E-state index contributed by atoms with van der Waals surface area (Å²) in [6.07, 6.45) is 0.647. The van der Waals surface area contributed by atoms with Gasteiger partial charge in [0.05, 0.1) is 17.0 Å². The fourth-order valence-electron chi connectivity index (χ4n) is 3.24. The van der Waals surface area contributed by atoms with E-state index in [1.807, 2.05) is 0 Å². The van der Waals surface area contributed by atoms with Gasteiger partial charge >= 0.3 is 5.97 Å². The molecular weight excluding hydrogens is 348 g/mol. The molecule has 0 aliphatic rings. The van der Waals surface area contributed by atoms with Gasteiger partial charge in [-0.25, -0.2) is 4.79 Å². The lowest BCUT2D eigenvalue weighted by atomic mass is 9.93. The molecule has 3 aromatic carbocycles. The Morgan fingerprint density at radius 1 is 0.963 bits per heavy atom. The Balaban J connectivity index is 2.34. The van der Waals surface area contributed by atoms with Gasteiger partial charge in [0.15, 0.2) is 10.9 Å². The Labute approximate surface area is 151 Å². The second-order valence-corrected chi connectivity index (χ2v) is 5.97. The van der Waals surface area contributed by atoms with E-state index in [0.717, 1.165) is 0 Å². The Morgan fingerprint density at radius 2 is 1.70 bits per heavy atom. The zero-order chi connectivity index (χ0) is 19.1. The van der Waals surface area contributed by atoms with E-state index in [0.29, 0.717) is 28.2 Å². The van der Waals surface area contributed by atoms with E-state index in [-0.39, 0.29) is 27.4 Å². The molecule has 6 heteroatoms. The summed E-state index contributed by atoms with van der Waals surface area (Å²) < 4.78 is 5.75. The minimum Gasteiger partial charge on any atom is -0.515 e. The predicted octanol–water partition coefficient (Wildman–Crippen LogP) is 2.69. The van der Waals surface area contributed by atoms with Gasteiger partial charge < -0.3 is 14.6 Å². The Hall–Kier alpha value is -3.93. The van der Waals surface area contributed by atoms with Crippen molar-refractivity contribution in [3.05, 3.63) is 85.8 Å². The molecule has 27 heavy (non-hydrogen) atoms. The van der Waals surface area contributed by atoms with Crippen molar-refractivity contribution in [1.82, 2.24) is 0 Å². The fourth-order valence-corrected chi connectivity index (χ4v) is 3.24. The number of carbonyl (C=O) groups is 1. The molecule has 0 radical (unpaired) electrons. The first kappa shape index (κ1) is 16.5. The number of aliphatic hydroxyl groups excluding tert-OH is 1. The summed E-state index contributed by atoms with van der Waals surface area (Å²) in [6, 6.07) is 13.4. The molecule has 0 fully saturated rings. The van der Waals surface area contributed by atoms with Crippen LogP contribution in [0.25, 0.3) is 39.3 Å². The maximum absolute atomic E-state index is 12.1. The molecule has 132 valence electrons. The van der Waals surface area contributed by atoms with Gasteiger partial charge in [0.2, 0.25) is 0 Å². The third-order valence-electron chi connectivity index (χ3n) is 4.42. The average Bonchev–Trinajstić information content (AvgIpc) is 2.66. The molecular formula is C21H12O6. The molecule has 0 bridgehead atoms. The smallest absolute Gasteiger partial charge is 0.336 e. The number of hydrogen-bond acceptors (Lipinski definition) is 5. The van der Waals surface area contributed by atoms with Crippen LogP contribution in [0.15, 0.2) is 68.6 Å². The highest BCUT2D eigenvalue weighted by Crippen LogP contribution is 2.36. The summed E-state index contributed by atoms with van der Waals surface area (Å²) in [6.45, 7) is 0. The van der Waals surface area contributed by atoms with E-state index < -0.39 is 11.4 Å². The molecule has 0 saturated heterocycles.